The molecular weight excluding hydrogens is 312 g/mol. The van der Waals surface area contributed by atoms with E-state index in [1.165, 1.54) is 0 Å². The summed E-state index contributed by atoms with van der Waals surface area (Å²) in [6, 6.07) is 7.78. The van der Waals surface area contributed by atoms with Gasteiger partial charge in [0.1, 0.15) is 0 Å². The number of ether oxygens (including phenoxy) is 1. The largest absolute Gasteiger partial charge is 0.381 e. The number of nitrogens with zero attached hydrogens (tertiary/aromatic N) is 1. The van der Waals surface area contributed by atoms with E-state index in [-0.39, 0.29) is 5.91 Å². The molecule has 1 aromatic rings. The molecule has 126 valence electrons. The number of halogens is 1. The van der Waals surface area contributed by atoms with Crippen molar-refractivity contribution in [3.8, 4) is 0 Å². The van der Waals surface area contributed by atoms with Gasteiger partial charge in [0.15, 0.2) is 0 Å². The highest BCUT2D eigenvalue weighted by Gasteiger charge is 2.45. The van der Waals surface area contributed by atoms with Gasteiger partial charge >= 0.3 is 0 Å². The second-order valence-corrected chi connectivity index (χ2v) is 7.10. The average Bonchev–Trinajstić information content (AvgIpc) is 3.04. The Bertz CT molecular complexity index is 540. The van der Waals surface area contributed by atoms with Crippen LogP contribution in [-0.4, -0.2) is 50.7 Å². The van der Waals surface area contributed by atoms with Crippen LogP contribution >= 0.6 is 11.6 Å². The number of amides is 1. The normalized spacial score (nSPS) is 23.9. The molecule has 1 amide bonds. The fourth-order valence-electron chi connectivity index (χ4n) is 3.89. The summed E-state index contributed by atoms with van der Waals surface area (Å²) in [5.41, 5.74) is 0.629. The number of rotatable bonds is 4. The lowest BCUT2D eigenvalue weighted by atomic mass is 9.73. The Morgan fingerprint density at radius 1 is 1.35 bits per heavy atom. The average molecular weight is 337 g/mol. The van der Waals surface area contributed by atoms with Crippen LogP contribution in [0.5, 0.6) is 0 Å². The van der Waals surface area contributed by atoms with Crippen molar-refractivity contribution in [2.45, 2.75) is 24.7 Å². The van der Waals surface area contributed by atoms with Crippen molar-refractivity contribution in [3.05, 3.63) is 34.9 Å². The molecule has 0 saturated carbocycles. The van der Waals surface area contributed by atoms with Crippen LogP contribution in [0.15, 0.2) is 24.3 Å². The molecule has 2 heterocycles. The minimum atomic E-state index is -0.447. The van der Waals surface area contributed by atoms with Gasteiger partial charge in [-0.3, -0.25) is 4.79 Å². The van der Waals surface area contributed by atoms with Crippen molar-refractivity contribution >= 4 is 17.5 Å². The molecular formula is C18H25ClN2O2. The molecule has 0 aromatic heterocycles. The second-order valence-electron chi connectivity index (χ2n) is 6.66. The lowest BCUT2D eigenvalue weighted by molar-refractivity contribution is -0.140. The first-order valence-electron chi connectivity index (χ1n) is 8.43. The number of carbonyl (C=O) groups excluding carboxylic acids is 1. The quantitative estimate of drug-likeness (QED) is 0.918. The van der Waals surface area contributed by atoms with E-state index in [2.05, 4.69) is 10.2 Å². The number of hydrogen-bond donors (Lipinski definition) is 1. The molecule has 5 heteroatoms. The molecule has 2 aliphatic heterocycles. The molecule has 2 aliphatic rings. The zero-order valence-electron chi connectivity index (χ0n) is 13.7. The third-order valence-corrected chi connectivity index (χ3v) is 5.47. The first-order valence-corrected chi connectivity index (χ1v) is 8.81. The third kappa shape index (κ3) is 3.39. The van der Waals surface area contributed by atoms with Crippen LogP contribution in [0.2, 0.25) is 5.02 Å². The highest BCUT2D eigenvalue weighted by Crippen LogP contribution is 2.38. The van der Waals surface area contributed by atoms with Crippen molar-refractivity contribution in [1.82, 2.24) is 10.2 Å². The number of carbonyl (C=O) groups is 1. The molecule has 0 unspecified atom stereocenters. The van der Waals surface area contributed by atoms with E-state index in [1.54, 1.807) is 0 Å². The van der Waals surface area contributed by atoms with Gasteiger partial charge in [-0.25, -0.2) is 0 Å². The van der Waals surface area contributed by atoms with Crippen molar-refractivity contribution in [1.29, 1.82) is 0 Å². The highest BCUT2D eigenvalue weighted by molar-refractivity contribution is 6.30. The van der Waals surface area contributed by atoms with Crippen LogP contribution in [0, 0.1) is 5.92 Å². The molecule has 3 rings (SSSR count). The van der Waals surface area contributed by atoms with Gasteiger partial charge in [-0.2, -0.15) is 0 Å². The van der Waals surface area contributed by atoms with Gasteiger partial charge < -0.3 is 15.0 Å². The van der Waals surface area contributed by atoms with Gasteiger partial charge in [0.05, 0.1) is 5.41 Å². The highest BCUT2D eigenvalue weighted by atomic mass is 35.5. The number of benzene rings is 1. The Hall–Kier alpha value is -1.10. The van der Waals surface area contributed by atoms with Gasteiger partial charge in [-0.15, -0.1) is 0 Å². The Balaban J connectivity index is 1.84. The van der Waals surface area contributed by atoms with E-state index in [0.29, 0.717) is 24.2 Å². The molecule has 2 fully saturated rings. The summed E-state index contributed by atoms with van der Waals surface area (Å²) >= 11 is 6.03. The SMILES string of the molecule is CNC[C@H]1CCN(C(=O)C2(c3ccc(Cl)cc3)CCOCC2)C1. The molecule has 0 spiro atoms. The van der Waals surface area contributed by atoms with E-state index in [1.807, 2.05) is 31.3 Å². The summed E-state index contributed by atoms with van der Waals surface area (Å²) in [7, 11) is 1.97. The van der Waals surface area contributed by atoms with E-state index >= 15 is 0 Å². The third-order valence-electron chi connectivity index (χ3n) is 5.22. The zero-order valence-corrected chi connectivity index (χ0v) is 14.4. The first kappa shape index (κ1) is 16.7. The Kier molecular flexibility index (Phi) is 5.24. The summed E-state index contributed by atoms with van der Waals surface area (Å²) in [6.45, 7) is 3.97. The van der Waals surface area contributed by atoms with Gasteiger partial charge in [-0.05, 0) is 56.5 Å². The maximum atomic E-state index is 13.4. The van der Waals surface area contributed by atoms with E-state index in [4.69, 9.17) is 16.3 Å². The lowest BCUT2D eigenvalue weighted by Crippen LogP contribution is -2.49. The van der Waals surface area contributed by atoms with Gasteiger partial charge in [0.2, 0.25) is 5.91 Å². The van der Waals surface area contributed by atoms with Gasteiger partial charge in [0, 0.05) is 31.3 Å². The van der Waals surface area contributed by atoms with E-state index in [0.717, 1.165) is 44.5 Å². The molecule has 0 bridgehead atoms. The second kappa shape index (κ2) is 7.20. The first-order chi connectivity index (χ1) is 11.2. The van der Waals surface area contributed by atoms with Crippen LogP contribution in [0.3, 0.4) is 0 Å². The van der Waals surface area contributed by atoms with Crippen molar-refractivity contribution < 1.29 is 9.53 Å². The van der Waals surface area contributed by atoms with Crippen molar-refractivity contribution in [2.75, 3.05) is 39.9 Å². The Morgan fingerprint density at radius 2 is 2.04 bits per heavy atom. The van der Waals surface area contributed by atoms with E-state index < -0.39 is 5.41 Å². The van der Waals surface area contributed by atoms with Gasteiger partial charge in [-0.1, -0.05) is 23.7 Å². The monoisotopic (exact) mass is 336 g/mol. The van der Waals surface area contributed by atoms with Crippen LogP contribution < -0.4 is 5.32 Å². The fourth-order valence-corrected chi connectivity index (χ4v) is 4.02. The molecule has 1 atom stereocenters. The molecule has 1 aromatic carbocycles. The standard InChI is InChI=1S/C18H25ClN2O2/c1-20-12-14-6-9-21(13-14)17(22)18(7-10-23-11-8-18)15-2-4-16(19)5-3-15/h2-5,14,20H,6-13H2,1H3/t14-/m1/s1. The molecule has 23 heavy (non-hydrogen) atoms. The molecule has 2 saturated heterocycles. The van der Waals surface area contributed by atoms with Crippen LogP contribution in [0.1, 0.15) is 24.8 Å². The minimum absolute atomic E-state index is 0.265. The molecule has 0 aliphatic carbocycles. The molecule has 0 radical (unpaired) electrons. The topological polar surface area (TPSA) is 41.6 Å². The minimum Gasteiger partial charge on any atom is -0.381 e. The summed E-state index contributed by atoms with van der Waals surface area (Å²) in [4.78, 5) is 15.4. The maximum absolute atomic E-state index is 13.4. The molecule has 1 N–H and O–H groups in total. The van der Waals surface area contributed by atoms with Crippen molar-refractivity contribution in [3.63, 3.8) is 0 Å². The van der Waals surface area contributed by atoms with Crippen molar-refractivity contribution in [2.24, 2.45) is 5.92 Å². The van der Waals surface area contributed by atoms with Crippen LogP contribution in [-0.2, 0) is 14.9 Å². The number of likely N-dealkylation sites (tertiary alicyclic amines) is 1. The van der Waals surface area contributed by atoms with E-state index in [9.17, 15) is 4.79 Å². The summed E-state index contributed by atoms with van der Waals surface area (Å²) in [5, 5.41) is 3.93. The zero-order chi connectivity index (χ0) is 16.3. The summed E-state index contributed by atoms with van der Waals surface area (Å²) < 4.78 is 5.54. The molecule has 4 nitrogen and oxygen atoms in total. The predicted octanol–water partition coefficient (Wildman–Crippen LogP) is 2.46. The summed E-state index contributed by atoms with van der Waals surface area (Å²) in [6.07, 6.45) is 2.58. The van der Waals surface area contributed by atoms with Crippen LogP contribution in [0.4, 0.5) is 0 Å². The Labute approximate surface area is 143 Å². The van der Waals surface area contributed by atoms with Crippen LogP contribution in [0.25, 0.3) is 0 Å². The fraction of sp³-hybridized carbons (Fsp3) is 0.611. The predicted molar refractivity (Wildman–Crippen MR) is 91.8 cm³/mol. The number of nitrogens with one attached hydrogen (secondary N) is 1. The lowest BCUT2D eigenvalue weighted by Gasteiger charge is -2.39. The smallest absolute Gasteiger partial charge is 0.233 e. The maximum Gasteiger partial charge on any atom is 0.233 e. The Morgan fingerprint density at radius 3 is 2.70 bits per heavy atom. The number of hydrogen-bond acceptors (Lipinski definition) is 3. The van der Waals surface area contributed by atoms with Gasteiger partial charge in [0.25, 0.3) is 0 Å². The summed E-state index contributed by atoms with van der Waals surface area (Å²) in [5.74, 6) is 0.827.